The lowest BCUT2D eigenvalue weighted by Crippen LogP contribution is -2.55. The monoisotopic (exact) mass is 581 g/mol. The Morgan fingerprint density at radius 1 is 1.18 bits per heavy atom. The number of halogens is 1. The predicted molar refractivity (Wildman–Crippen MR) is 157 cm³/mol. The summed E-state index contributed by atoms with van der Waals surface area (Å²) in [5.41, 5.74) is 3.85. The number of fused-ring (bicyclic) bond motifs is 1. The zero-order chi connectivity index (χ0) is 28.3. The van der Waals surface area contributed by atoms with E-state index in [9.17, 15) is 9.90 Å². The minimum atomic E-state index is -0.882. The quantitative estimate of drug-likeness (QED) is 0.224. The summed E-state index contributed by atoms with van der Waals surface area (Å²) in [4.78, 5) is 26.7. The predicted octanol–water partition coefficient (Wildman–Crippen LogP) is 7.25. The van der Waals surface area contributed by atoms with Crippen LogP contribution in [0.15, 0.2) is 53.6 Å². The molecule has 1 saturated heterocycles. The molecular formula is C29H32ClN5O4S. The largest absolute Gasteiger partial charge is 0.492 e. The molecule has 0 aliphatic carbocycles. The summed E-state index contributed by atoms with van der Waals surface area (Å²) in [5, 5.41) is 16.3. The van der Waals surface area contributed by atoms with Gasteiger partial charge >= 0.3 is 6.09 Å². The van der Waals surface area contributed by atoms with Crippen LogP contribution in [0.5, 0.6) is 11.5 Å². The number of thiazole rings is 1. The zero-order valence-corrected chi connectivity index (χ0v) is 24.2. The van der Waals surface area contributed by atoms with Gasteiger partial charge in [-0.15, -0.1) is 11.3 Å². The average Bonchev–Trinajstić information content (AvgIpc) is 3.44. The molecule has 0 spiro atoms. The normalized spacial score (nSPS) is 17.6. The van der Waals surface area contributed by atoms with Gasteiger partial charge in [0.25, 0.3) is 0 Å². The Balaban J connectivity index is 1.36. The Hall–Kier alpha value is -3.63. The molecule has 1 unspecified atom stereocenters. The molecular weight excluding hydrogens is 550 g/mol. The Labute approximate surface area is 242 Å². The molecule has 3 heterocycles. The number of hydrogen-bond acceptors (Lipinski definition) is 8. The van der Waals surface area contributed by atoms with Crippen LogP contribution in [0.1, 0.15) is 39.3 Å². The van der Waals surface area contributed by atoms with E-state index in [-0.39, 0.29) is 17.4 Å². The third-order valence-corrected chi connectivity index (χ3v) is 7.95. The smallest absolute Gasteiger partial charge is 0.407 e. The van der Waals surface area contributed by atoms with E-state index in [1.165, 1.54) is 17.7 Å². The molecule has 2 aromatic carbocycles. The topological polar surface area (TPSA) is 110 Å². The van der Waals surface area contributed by atoms with E-state index >= 15 is 0 Å². The highest BCUT2D eigenvalue weighted by molar-refractivity contribution is 7.07. The Bertz CT molecular complexity index is 1470. The van der Waals surface area contributed by atoms with Gasteiger partial charge in [-0.25, -0.2) is 19.7 Å². The van der Waals surface area contributed by atoms with Gasteiger partial charge in [0.1, 0.15) is 30.3 Å². The number of benzene rings is 2. The lowest BCUT2D eigenvalue weighted by Gasteiger charge is -2.46. The fourth-order valence-corrected chi connectivity index (χ4v) is 6.20. The van der Waals surface area contributed by atoms with Gasteiger partial charge in [-0.05, 0) is 48.6 Å². The van der Waals surface area contributed by atoms with Crippen LogP contribution in [0.4, 0.5) is 16.3 Å². The molecule has 1 amide bonds. The lowest BCUT2D eigenvalue weighted by atomic mass is 9.74. The number of amides is 1. The van der Waals surface area contributed by atoms with E-state index in [0.717, 1.165) is 35.1 Å². The van der Waals surface area contributed by atoms with Gasteiger partial charge in [0, 0.05) is 29.6 Å². The van der Waals surface area contributed by atoms with Gasteiger partial charge in [0.05, 0.1) is 33.7 Å². The summed E-state index contributed by atoms with van der Waals surface area (Å²) in [6.45, 7) is 7.52. The Morgan fingerprint density at radius 2 is 2.02 bits per heavy atom. The van der Waals surface area contributed by atoms with Crippen molar-refractivity contribution in [2.24, 2.45) is 11.3 Å². The van der Waals surface area contributed by atoms with Crippen LogP contribution in [0, 0.1) is 11.3 Å². The first-order valence-corrected chi connectivity index (χ1v) is 14.5. The highest BCUT2D eigenvalue weighted by atomic mass is 35.5. The molecule has 2 aromatic heterocycles. The van der Waals surface area contributed by atoms with Gasteiger partial charge in [-0.3, -0.25) is 0 Å². The summed E-state index contributed by atoms with van der Waals surface area (Å²) < 4.78 is 12.2. The number of nitrogens with zero attached hydrogens (tertiary/aromatic N) is 4. The van der Waals surface area contributed by atoms with Crippen LogP contribution >= 0.6 is 22.9 Å². The maximum Gasteiger partial charge on any atom is 0.407 e. The van der Waals surface area contributed by atoms with Crippen molar-refractivity contribution in [1.82, 2.24) is 19.9 Å². The summed E-state index contributed by atoms with van der Waals surface area (Å²) in [5.74, 6) is 1.83. The fraction of sp³-hybridized carbons (Fsp3) is 0.379. The molecule has 2 N–H and O–H groups in total. The first-order valence-electron chi connectivity index (χ1n) is 13.1. The number of rotatable bonds is 8. The molecule has 11 heteroatoms. The number of nitrogens with one attached hydrogen (secondary N) is 1. The Morgan fingerprint density at radius 3 is 2.75 bits per heavy atom. The van der Waals surface area contributed by atoms with Crippen molar-refractivity contribution in [3.8, 4) is 11.5 Å². The molecule has 210 valence electrons. The number of hydrogen-bond donors (Lipinski definition) is 2. The third-order valence-electron chi connectivity index (χ3n) is 7.02. The van der Waals surface area contributed by atoms with E-state index in [2.05, 4.69) is 41.0 Å². The number of carboxylic acid groups (broad SMARTS) is 1. The fourth-order valence-electron chi connectivity index (χ4n) is 5.42. The minimum Gasteiger partial charge on any atom is -0.492 e. The number of likely N-dealkylation sites (tertiary alicyclic amines) is 1. The molecule has 40 heavy (non-hydrogen) atoms. The molecule has 2 atom stereocenters. The zero-order valence-electron chi connectivity index (χ0n) is 22.6. The second-order valence-corrected chi connectivity index (χ2v) is 12.0. The first-order chi connectivity index (χ1) is 19.2. The Kier molecular flexibility index (Phi) is 8.27. The molecule has 1 aliphatic rings. The van der Waals surface area contributed by atoms with E-state index in [0.29, 0.717) is 42.1 Å². The number of ether oxygens (including phenoxy) is 2. The van der Waals surface area contributed by atoms with Crippen LogP contribution in [0.3, 0.4) is 0 Å². The summed E-state index contributed by atoms with van der Waals surface area (Å²) in [6, 6.07) is 11.0. The standard InChI is InChI=1S/C29H32ClN5O4S/c1-29(2,3)26-18(6-5-11-35(26)28(36)37)13-38-24-8-4-7-22-25(24)27(32-16-31-22)34-19-9-10-23(21(30)12-19)39-14-20-15-40-17-33-20/h4,7-10,12,15-18,26H,5-6,11,13-14H2,1-3H3,(H,36,37)(H,31,32,34)/t18-,26?/m1/s1. The third kappa shape index (κ3) is 6.23. The maximum atomic E-state index is 12.0. The molecule has 0 bridgehead atoms. The first kappa shape index (κ1) is 27.9. The van der Waals surface area contributed by atoms with Crippen molar-refractivity contribution in [3.05, 3.63) is 64.3 Å². The molecule has 1 fully saturated rings. The van der Waals surface area contributed by atoms with Crippen LogP contribution in [0.25, 0.3) is 10.9 Å². The van der Waals surface area contributed by atoms with Crippen molar-refractivity contribution in [1.29, 1.82) is 0 Å². The van der Waals surface area contributed by atoms with Crippen LogP contribution in [-0.4, -0.2) is 50.2 Å². The molecule has 0 radical (unpaired) electrons. The van der Waals surface area contributed by atoms with Gasteiger partial charge in [0.15, 0.2) is 0 Å². The second kappa shape index (κ2) is 11.9. The van der Waals surface area contributed by atoms with Gasteiger partial charge in [-0.1, -0.05) is 38.4 Å². The highest BCUT2D eigenvalue weighted by Gasteiger charge is 2.42. The lowest BCUT2D eigenvalue weighted by molar-refractivity contribution is 0.00696. The van der Waals surface area contributed by atoms with Crippen molar-refractivity contribution in [2.75, 3.05) is 18.5 Å². The maximum absolute atomic E-state index is 12.0. The van der Waals surface area contributed by atoms with E-state index in [1.54, 1.807) is 16.5 Å². The van der Waals surface area contributed by atoms with E-state index < -0.39 is 6.09 Å². The van der Waals surface area contributed by atoms with E-state index in [1.807, 2.05) is 35.7 Å². The number of anilines is 2. The van der Waals surface area contributed by atoms with Crippen LogP contribution in [-0.2, 0) is 6.61 Å². The van der Waals surface area contributed by atoms with Crippen LogP contribution in [0.2, 0.25) is 5.02 Å². The molecule has 1 aliphatic heterocycles. The molecule has 5 rings (SSSR count). The van der Waals surface area contributed by atoms with Crippen molar-refractivity contribution >= 4 is 51.4 Å². The summed E-state index contributed by atoms with van der Waals surface area (Å²) in [7, 11) is 0. The molecule has 0 saturated carbocycles. The minimum absolute atomic E-state index is 0.0526. The second-order valence-electron chi connectivity index (χ2n) is 10.9. The molecule has 9 nitrogen and oxygen atoms in total. The number of carbonyl (C=O) groups is 1. The van der Waals surface area contributed by atoms with Crippen molar-refractivity contribution in [3.63, 3.8) is 0 Å². The average molecular weight is 582 g/mol. The van der Waals surface area contributed by atoms with Gasteiger partial charge < -0.3 is 24.8 Å². The number of piperidine rings is 1. The SMILES string of the molecule is CC(C)(C)C1[C@@H](COc2cccc3ncnc(Nc4ccc(OCc5cscn5)c(Cl)c4)c23)CCCN1C(=O)O. The molecule has 4 aromatic rings. The van der Waals surface area contributed by atoms with E-state index in [4.69, 9.17) is 21.1 Å². The van der Waals surface area contributed by atoms with Crippen LogP contribution < -0.4 is 14.8 Å². The number of aromatic nitrogens is 3. The van der Waals surface area contributed by atoms with Crippen molar-refractivity contribution in [2.45, 2.75) is 46.3 Å². The highest BCUT2D eigenvalue weighted by Crippen LogP contribution is 2.38. The summed E-state index contributed by atoms with van der Waals surface area (Å²) >= 11 is 8.04. The van der Waals surface area contributed by atoms with Crippen molar-refractivity contribution < 1.29 is 19.4 Å². The van der Waals surface area contributed by atoms with Gasteiger partial charge in [-0.2, -0.15) is 0 Å². The van der Waals surface area contributed by atoms with Gasteiger partial charge in [0.2, 0.25) is 0 Å². The summed E-state index contributed by atoms with van der Waals surface area (Å²) in [6.07, 6.45) is 2.33.